The molecule has 0 fully saturated rings. The number of aryl methyl sites for hydroxylation is 2. The number of benzene rings is 2. The van der Waals surface area contributed by atoms with Crippen LogP contribution in [-0.4, -0.2) is 21.1 Å². The van der Waals surface area contributed by atoms with E-state index < -0.39 is 10.8 Å². The smallest absolute Gasteiger partial charge is 0.270 e. The molecule has 28 heavy (non-hydrogen) atoms. The Kier molecular flexibility index (Phi) is 5.70. The number of carbonyl (C=O) groups is 1. The Bertz CT molecular complexity index is 1050. The number of non-ortho nitro benzene ring substituents is 1. The van der Waals surface area contributed by atoms with Crippen LogP contribution in [0.25, 0.3) is 11.3 Å². The molecule has 0 bridgehead atoms. The van der Waals surface area contributed by atoms with Crippen LogP contribution in [0.1, 0.15) is 35.3 Å². The molecule has 2 aromatic carbocycles. The standard InChI is InChI=1S/C19H17ClN4O4/c1-3-11-5-6-12(4-2)14(9-11)17-18(23-28-22-17)21-19(25)15-10-13(24(26)27)7-8-16(15)20/h5-10H,3-4H2,1-2H3,(H,21,23,25). The van der Waals surface area contributed by atoms with Crippen LogP contribution < -0.4 is 5.32 Å². The van der Waals surface area contributed by atoms with Crippen molar-refractivity contribution in [1.29, 1.82) is 0 Å². The molecule has 0 atom stereocenters. The number of aromatic nitrogens is 2. The molecule has 0 saturated heterocycles. The highest BCUT2D eigenvalue weighted by Gasteiger charge is 2.21. The Morgan fingerprint density at radius 1 is 1.18 bits per heavy atom. The molecule has 0 aliphatic rings. The quantitative estimate of drug-likeness (QED) is 0.475. The van der Waals surface area contributed by atoms with E-state index in [0.717, 1.165) is 35.6 Å². The fourth-order valence-corrected chi connectivity index (χ4v) is 3.00. The number of hydrogen-bond acceptors (Lipinski definition) is 6. The van der Waals surface area contributed by atoms with E-state index in [1.807, 2.05) is 32.0 Å². The Balaban J connectivity index is 1.97. The normalized spacial score (nSPS) is 10.7. The molecule has 0 aliphatic carbocycles. The van der Waals surface area contributed by atoms with Gasteiger partial charge >= 0.3 is 0 Å². The predicted octanol–water partition coefficient (Wildman–Crippen LogP) is 4.68. The Morgan fingerprint density at radius 2 is 1.96 bits per heavy atom. The van der Waals surface area contributed by atoms with Crippen molar-refractivity contribution in [3.8, 4) is 11.3 Å². The molecule has 8 nitrogen and oxygen atoms in total. The minimum absolute atomic E-state index is 0.0390. The van der Waals surface area contributed by atoms with Crippen molar-refractivity contribution in [2.75, 3.05) is 5.32 Å². The number of nitro groups is 1. The lowest BCUT2D eigenvalue weighted by Gasteiger charge is -2.09. The van der Waals surface area contributed by atoms with E-state index in [4.69, 9.17) is 16.2 Å². The monoisotopic (exact) mass is 400 g/mol. The molecule has 0 saturated carbocycles. The second-order valence-corrected chi connectivity index (χ2v) is 6.44. The van der Waals surface area contributed by atoms with Gasteiger partial charge in [-0.3, -0.25) is 14.9 Å². The van der Waals surface area contributed by atoms with Gasteiger partial charge in [0.2, 0.25) is 5.82 Å². The first kappa shape index (κ1) is 19.5. The maximum absolute atomic E-state index is 12.6. The molecule has 0 unspecified atom stereocenters. The number of amides is 1. The minimum Gasteiger partial charge on any atom is -0.302 e. The third-order valence-corrected chi connectivity index (χ3v) is 4.67. The molecule has 3 aromatic rings. The van der Waals surface area contributed by atoms with Gasteiger partial charge in [0.05, 0.1) is 15.5 Å². The van der Waals surface area contributed by atoms with Crippen molar-refractivity contribution in [3.63, 3.8) is 0 Å². The van der Waals surface area contributed by atoms with Crippen LogP contribution in [0, 0.1) is 10.1 Å². The zero-order valence-corrected chi connectivity index (χ0v) is 16.0. The summed E-state index contributed by atoms with van der Waals surface area (Å²) in [5.74, 6) is -0.522. The molecule has 1 N–H and O–H groups in total. The maximum atomic E-state index is 12.6. The molecular weight excluding hydrogens is 384 g/mol. The molecular formula is C19H17ClN4O4. The van der Waals surface area contributed by atoms with Gasteiger partial charge in [0.25, 0.3) is 11.6 Å². The van der Waals surface area contributed by atoms with E-state index in [-0.39, 0.29) is 22.1 Å². The van der Waals surface area contributed by atoms with Crippen LogP contribution in [0.5, 0.6) is 0 Å². The Morgan fingerprint density at radius 3 is 2.64 bits per heavy atom. The maximum Gasteiger partial charge on any atom is 0.270 e. The lowest BCUT2D eigenvalue weighted by Crippen LogP contribution is -2.14. The van der Waals surface area contributed by atoms with Gasteiger partial charge in [-0.15, -0.1) is 0 Å². The van der Waals surface area contributed by atoms with Crippen LogP contribution in [0.3, 0.4) is 0 Å². The lowest BCUT2D eigenvalue weighted by atomic mass is 9.98. The molecule has 144 valence electrons. The summed E-state index contributed by atoms with van der Waals surface area (Å²) in [7, 11) is 0. The minimum atomic E-state index is -0.643. The summed E-state index contributed by atoms with van der Waals surface area (Å²) in [6, 6.07) is 9.67. The van der Waals surface area contributed by atoms with Crippen molar-refractivity contribution in [2.45, 2.75) is 26.7 Å². The second-order valence-electron chi connectivity index (χ2n) is 6.04. The zero-order chi connectivity index (χ0) is 20.3. The topological polar surface area (TPSA) is 111 Å². The molecule has 1 heterocycles. The fraction of sp³-hybridized carbons (Fsp3) is 0.211. The zero-order valence-electron chi connectivity index (χ0n) is 15.2. The van der Waals surface area contributed by atoms with Crippen molar-refractivity contribution < 1.29 is 14.3 Å². The van der Waals surface area contributed by atoms with Gasteiger partial charge in [0.15, 0.2) is 5.69 Å². The second kappa shape index (κ2) is 8.18. The number of rotatable bonds is 6. The van der Waals surface area contributed by atoms with Crippen LogP contribution in [-0.2, 0) is 12.8 Å². The highest BCUT2D eigenvalue weighted by atomic mass is 35.5. The average molecular weight is 401 g/mol. The number of halogens is 1. The van der Waals surface area contributed by atoms with E-state index >= 15 is 0 Å². The summed E-state index contributed by atoms with van der Waals surface area (Å²) >= 11 is 6.04. The summed E-state index contributed by atoms with van der Waals surface area (Å²) in [5.41, 5.74) is 3.05. The molecule has 9 heteroatoms. The first-order valence-electron chi connectivity index (χ1n) is 8.64. The Hall–Kier alpha value is -3.26. The van der Waals surface area contributed by atoms with Crippen molar-refractivity contribution in [1.82, 2.24) is 10.3 Å². The van der Waals surface area contributed by atoms with Gasteiger partial charge in [-0.2, -0.15) is 0 Å². The SMILES string of the molecule is CCc1ccc(CC)c(-c2nonc2NC(=O)c2cc([N+](=O)[O-])ccc2Cl)c1. The molecule has 3 rings (SSSR count). The third-order valence-electron chi connectivity index (χ3n) is 4.34. The van der Waals surface area contributed by atoms with E-state index in [1.54, 1.807) is 0 Å². The largest absolute Gasteiger partial charge is 0.302 e. The van der Waals surface area contributed by atoms with E-state index in [9.17, 15) is 14.9 Å². The summed E-state index contributed by atoms with van der Waals surface area (Å²) < 4.78 is 4.85. The number of nitro benzene ring substituents is 1. The third kappa shape index (κ3) is 3.86. The summed E-state index contributed by atoms with van der Waals surface area (Å²) in [6.45, 7) is 4.05. The highest BCUT2D eigenvalue weighted by Crippen LogP contribution is 2.30. The van der Waals surface area contributed by atoms with Gasteiger partial charge in [-0.25, -0.2) is 4.63 Å². The van der Waals surface area contributed by atoms with Crippen molar-refractivity contribution in [3.05, 3.63) is 68.2 Å². The number of carbonyl (C=O) groups excluding carboxylic acids is 1. The van der Waals surface area contributed by atoms with Crippen LogP contribution in [0.2, 0.25) is 5.02 Å². The predicted molar refractivity (Wildman–Crippen MR) is 105 cm³/mol. The van der Waals surface area contributed by atoms with Gasteiger partial charge in [-0.1, -0.05) is 37.6 Å². The summed E-state index contributed by atoms with van der Waals surface area (Å²) in [5, 5.41) is 21.4. The highest BCUT2D eigenvalue weighted by molar-refractivity contribution is 6.34. The van der Waals surface area contributed by atoms with E-state index in [1.165, 1.54) is 12.1 Å². The first-order valence-corrected chi connectivity index (χ1v) is 9.02. The van der Waals surface area contributed by atoms with Gasteiger partial charge in [-0.05, 0) is 46.4 Å². The van der Waals surface area contributed by atoms with Crippen molar-refractivity contribution >= 4 is 29.0 Å². The number of hydrogen-bond donors (Lipinski definition) is 1. The van der Waals surface area contributed by atoms with E-state index in [2.05, 4.69) is 15.6 Å². The number of nitrogens with one attached hydrogen (secondary N) is 1. The average Bonchev–Trinajstić information content (AvgIpc) is 3.15. The molecule has 0 aliphatic heterocycles. The van der Waals surface area contributed by atoms with Crippen LogP contribution in [0.15, 0.2) is 41.0 Å². The van der Waals surface area contributed by atoms with Gasteiger partial charge < -0.3 is 5.32 Å². The molecule has 1 aromatic heterocycles. The van der Waals surface area contributed by atoms with Gasteiger partial charge in [0, 0.05) is 17.7 Å². The van der Waals surface area contributed by atoms with Gasteiger partial charge in [0.1, 0.15) is 0 Å². The molecule has 0 spiro atoms. The number of anilines is 1. The van der Waals surface area contributed by atoms with E-state index in [0.29, 0.717) is 5.69 Å². The Labute approximate surface area is 165 Å². The summed E-state index contributed by atoms with van der Waals surface area (Å²) in [4.78, 5) is 23.0. The molecule has 0 radical (unpaired) electrons. The van der Waals surface area contributed by atoms with Crippen molar-refractivity contribution in [2.24, 2.45) is 0 Å². The van der Waals surface area contributed by atoms with Crippen LogP contribution in [0.4, 0.5) is 11.5 Å². The fourth-order valence-electron chi connectivity index (χ4n) is 2.80. The summed E-state index contributed by atoms with van der Waals surface area (Å²) in [6.07, 6.45) is 1.60. The first-order chi connectivity index (χ1) is 13.4. The van der Waals surface area contributed by atoms with Crippen LogP contribution >= 0.6 is 11.6 Å². The lowest BCUT2D eigenvalue weighted by molar-refractivity contribution is -0.384. The number of nitrogens with zero attached hydrogens (tertiary/aromatic N) is 3. The molecule has 1 amide bonds.